The van der Waals surface area contributed by atoms with Crippen LogP contribution in [0.15, 0.2) is 48.6 Å². The number of methoxy groups -OCH3 is 1. The number of benzene rings is 2. The minimum Gasteiger partial charge on any atom is -0.491 e. The molecule has 0 saturated carbocycles. The van der Waals surface area contributed by atoms with Gasteiger partial charge in [-0.1, -0.05) is 49.2 Å². The van der Waals surface area contributed by atoms with E-state index >= 15 is 0 Å². The second kappa shape index (κ2) is 14.9. The molecule has 1 aliphatic rings. The van der Waals surface area contributed by atoms with Gasteiger partial charge in [0.1, 0.15) is 5.75 Å². The summed E-state index contributed by atoms with van der Waals surface area (Å²) in [5.74, 6) is 0.223. The van der Waals surface area contributed by atoms with Crippen LogP contribution in [0.4, 0.5) is 5.69 Å². The Hall–Kier alpha value is -3.03. The summed E-state index contributed by atoms with van der Waals surface area (Å²) >= 11 is 6.34. The Bertz CT molecular complexity index is 1150. The Morgan fingerprint density at radius 2 is 2.03 bits per heavy atom. The summed E-state index contributed by atoms with van der Waals surface area (Å²) in [7, 11) is 3.06. The predicted molar refractivity (Wildman–Crippen MR) is 156 cm³/mol. The Morgan fingerprint density at radius 3 is 2.74 bits per heavy atom. The average Bonchev–Trinajstić information content (AvgIpc) is 3.10. The number of hydrogen-bond acceptors (Lipinski definition) is 6. The van der Waals surface area contributed by atoms with Crippen LogP contribution in [-0.2, 0) is 20.7 Å². The van der Waals surface area contributed by atoms with Crippen molar-refractivity contribution in [1.29, 1.82) is 0 Å². The average molecular weight is 557 g/mol. The van der Waals surface area contributed by atoms with Crippen LogP contribution in [0.1, 0.15) is 68.2 Å². The number of carbonyl (C=O) groups is 2. The standard InChI is InChI=1S/C31H41ClN2O5/c1-5-11-23-18-26(32)13-14-27(23)25-20-34(17-10-8-6-7-9-16-33(3)22(2)35)28-19-24(30(36)31(37)38-4)12-15-29(28)39-21-25/h7,9,12-15,18-19,25,30,36H,5-6,8,10-11,16-17,20-21H2,1-4H3/b9-7+. The summed E-state index contributed by atoms with van der Waals surface area (Å²) in [4.78, 5) is 27.4. The lowest BCUT2D eigenvalue weighted by molar-refractivity contribution is -0.150. The van der Waals surface area contributed by atoms with Crippen LogP contribution in [0.5, 0.6) is 5.75 Å². The van der Waals surface area contributed by atoms with E-state index < -0.39 is 12.1 Å². The van der Waals surface area contributed by atoms with Crippen LogP contribution in [0, 0.1) is 0 Å². The molecule has 0 bridgehead atoms. The van der Waals surface area contributed by atoms with E-state index in [1.165, 1.54) is 18.2 Å². The van der Waals surface area contributed by atoms with Crippen molar-refractivity contribution in [3.63, 3.8) is 0 Å². The molecule has 0 spiro atoms. The quantitative estimate of drug-likeness (QED) is 0.206. The molecule has 2 aromatic carbocycles. The molecule has 1 aliphatic heterocycles. The smallest absolute Gasteiger partial charge is 0.339 e. The SMILES string of the molecule is CCCc1cc(Cl)ccc1C1COc2ccc(C(O)C(=O)OC)cc2N(CCCC/C=C/CN(C)C(C)=O)C1. The van der Waals surface area contributed by atoms with E-state index in [0.29, 0.717) is 18.7 Å². The molecular formula is C31H41ClN2O5. The van der Waals surface area contributed by atoms with Gasteiger partial charge in [-0.25, -0.2) is 4.79 Å². The first-order valence-corrected chi connectivity index (χ1v) is 14.1. The molecule has 0 aromatic heterocycles. The lowest BCUT2D eigenvalue weighted by Crippen LogP contribution is -2.30. The first kappa shape index (κ1) is 30.5. The second-order valence-corrected chi connectivity index (χ2v) is 10.5. The van der Waals surface area contributed by atoms with E-state index in [1.807, 2.05) is 24.3 Å². The Morgan fingerprint density at radius 1 is 1.23 bits per heavy atom. The highest BCUT2D eigenvalue weighted by Gasteiger charge is 2.28. The molecular weight excluding hydrogens is 516 g/mol. The topological polar surface area (TPSA) is 79.3 Å². The van der Waals surface area contributed by atoms with Gasteiger partial charge in [-0.3, -0.25) is 4.79 Å². The zero-order valence-corrected chi connectivity index (χ0v) is 24.2. The van der Waals surface area contributed by atoms with Crippen molar-refractivity contribution in [2.45, 2.75) is 58.0 Å². The maximum atomic E-state index is 12.0. The van der Waals surface area contributed by atoms with Crippen molar-refractivity contribution >= 4 is 29.2 Å². The minimum atomic E-state index is -1.35. The molecule has 212 valence electrons. The number of allylic oxidation sites excluding steroid dienone is 1. The zero-order valence-electron chi connectivity index (χ0n) is 23.5. The van der Waals surface area contributed by atoms with Crippen molar-refractivity contribution in [2.24, 2.45) is 0 Å². The highest BCUT2D eigenvalue weighted by atomic mass is 35.5. The fraction of sp³-hybridized carbons (Fsp3) is 0.484. The van der Waals surface area contributed by atoms with E-state index in [-0.39, 0.29) is 11.8 Å². The normalized spacial score (nSPS) is 15.8. The number of fused-ring (bicyclic) bond motifs is 1. The highest BCUT2D eigenvalue weighted by Crippen LogP contribution is 2.38. The molecule has 3 rings (SSSR count). The molecule has 2 unspecified atom stereocenters. The van der Waals surface area contributed by atoms with Gasteiger partial charge in [-0.2, -0.15) is 0 Å². The molecule has 7 nitrogen and oxygen atoms in total. The number of esters is 1. The third-order valence-electron chi connectivity index (χ3n) is 7.14. The third kappa shape index (κ3) is 8.48. The molecule has 8 heteroatoms. The fourth-order valence-corrected chi connectivity index (χ4v) is 5.03. The number of unbranched alkanes of at least 4 members (excludes halogenated alkanes) is 2. The predicted octanol–water partition coefficient (Wildman–Crippen LogP) is 5.69. The second-order valence-electron chi connectivity index (χ2n) is 10.1. The monoisotopic (exact) mass is 556 g/mol. The number of ether oxygens (including phenoxy) is 2. The summed E-state index contributed by atoms with van der Waals surface area (Å²) in [5, 5.41) is 11.2. The number of rotatable bonds is 12. The molecule has 1 amide bonds. The molecule has 2 atom stereocenters. The summed E-state index contributed by atoms with van der Waals surface area (Å²) in [5.41, 5.74) is 3.82. The first-order chi connectivity index (χ1) is 18.7. The van der Waals surface area contributed by atoms with Crippen molar-refractivity contribution in [3.8, 4) is 5.75 Å². The van der Waals surface area contributed by atoms with Gasteiger partial charge < -0.3 is 24.4 Å². The van der Waals surface area contributed by atoms with Crippen LogP contribution in [0.3, 0.4) is 0 Å². The molecule has 0 radical (unpaired) electrons. The Balaban J connectivity index is 1.81. The Kier molecular flexibility index (Phi) is 11.7. The van der Waals surface area contributed by atoms with Crippen LogP contribution < -0.4 is 9.64 Å². The van der Waals surface area contributed by atoms with E-state index in [9.17, 15) is 14.7 Å². The number of aliphatic hydroxyl groups excluding tert-OH is 1. The number of anilines is 1. The highest BCUT2D eigenvalue weighted by molar-refractivity contribution is 6.30. The van der Waals surface area contributed by atoms with Crippen molar-refractivity contribution in [2.75, 3.05) is 45.3 Å². The maximum Gasteiger partial charge on any atom is 0.339 e. The molecule has 2 aromatic rings. The number of aliphatic hydroxyl groups is 1. The van der Waals surface area contributed by atoms with E-state index in [0.717, 1.165) is 61.7 Å². The number of aryl methyl sites for hydroxylation is 1. The third-order valence-corrected chi connectivity index (χ3v) is 7.38. The summed E-state index contributed by atoms with van der Waals surface area (Å²) in [6.45, 7) is 6.39. The van der Waals surface area contributed by atoms with E-state index in [4.69, 9.17) is 21.1 Å². The first-order valence-electron chi connectivity index (χ1n) is 13.7. The van der Waals surface area contributed by atoms with E-state index in [2.05, 4.69) is 30.0 Å². The van der Waals surface area contributed by atoms with Gasteiger partial charge in [0.25, 0.3) is 0 Å². The largest absolute Gasteiger partial charge is 0.491 e. The lowest BCUT2D eigenvalue weighted by atomic mass is 9.92. The van der Waals surface area contributed by atoms with Crippen molar-refractivity contribution in [3.05, 3.63) is 70.3 Å². The van der Waals surface area contributed by atoms with Gasteiger partial charge in [-0.15, -0.1) is 0 Å². The van der Waals surface area contributed by atoms with Gasteiger partial charge in [0.15, 0.2) is 6.10 Å². The number of hydrogen-bond donors (Lipinski definition) is 1. The molecule has 0 saturated heterocycles. The van der Waals surface area contributed by atoms with Gasteiger partial charge in [-0.05, 0) is 66.6 Å². The van der Waals surface area contributed by atoms with E-state index in [1.54, 1.807) is 24.9 Å². The molecule has 1 N–H and O–H groups in total. The van der Waals surface area contributed by atoms with Crippen LogP contribution in [-0.4, -0.2) is 62.3 Å². The number of carbonyl (C=O) groups excluding carboxylic acids is 2. The fourth-order valence-electron chi connectivity index (χ4n) is 4.83. The number of likely N-dealkylation sites (N-methyl/N-ethyl adjacent to an activating group) is 1. The van der Waals surface area contributed by atoms with Gasteiger partial charge in [0, 0.05) is 44.5 Å². The van der Waals surface area contributed by atoms with Gasteiger partial charge in [0.2, 0.25) is 5.91 Å². The van der Waals surface area contributed by atoms with Crippen molar-refractivity contribution < 1.29 is 24.2 Å². The molecule has 0 aliphatic carbocycles. The van der Waals surface area contributed by atoms with Gasteiger partial charge in [0.05, 0.1) is 19.4 Å². The maximum absolute atomic E-state index is 12.0. The number of amides is 1. The zero-order chi connectivity index (χ0) is 28.4. The Labute approximate surface area is 237 Å². The molecule has 39 heavy (non-hydrogen) atoms. The van der Waals surface area contributed by atoms with Crippen LogP contribution in [0.25, 0.3) is 0 Å². The number of nitrogens with zero attached hydrogens (tertiary/aromatic N) is 2. The molecule has 0 fully saturated rings. The van der Waals surface area contributed by atoms with Crippen molar-refractivity contribution in [1.82, 2.24) is 4.90 Å². The van der Waals surface area contributed by atoms with Crippen LogP contribution >= 0.6 is 11.6 Å². The summed E-state index contributed by atoms with van der Waals surface area (Å²) < 4.78 is 11.1. The lowest BCUT2D eigenvalue weighted by Gasteiger charge is -2.28. The number of halogens is 1. The molecule has 1 heterocycles. The van der Waals surface area contributed by atoms with Gasteiger partial charge >= 0.3 is 5.97 Å². The summed E-state index contributed by atoms with van der Waals surface area (Å²) in [6.07, 6.45) is 7.63. The summed E-state index contributed by atoms with van der Waals surface area (Å²) in [6, 6.07) is 11.5. The van der Waals surface area contributed by atoms with Crippen LogP contribution in [0.2, 0.25) is 5.02 Å². The minimum absolute atomic E-state index is 0.0516.